The third-order valence-electron chi connectivity index (χ3n) is 3.77. The highest BCUT2D eigenvalue weighted by atomic mass is 32.2. The first-order valence-corrected chi connectivity index (χ1v) is 8.94. The molecule has 6 nitrogen and oxygen atoms in total. The lowest BCUT2D eigenvalue weighted by atomic mass is 10.1. The van der Waals surface area contributed by atoms with Crippen molar-refractivity contribution in [1.82, 2.24) is 9.71 Å². The second-order valence-electron chi connectivity index (χ2n) is 5.43. The van der Waals surface area contributed by atoms with Gasteiger partial charge in [0.2, 0.25) is 10.0 Å². The minimum Gasteiger partial charge on any atom is -0.497 e. The fourth-order valence-electron chi connectivity index (χ4n) is 2.52. The Bertz CT molecular complexity index is 964. The number of benzene rings is 2. The number of ether oxygens (including phenoxy) is 1. The number of nitrogens with one attached hydrogen (secondary N) is 1. The standard InChI is InChI=1S/C17H18N2O4S/c1-12-9-14(22-2)4-6-17(12)24(20,21)19-8-7-13-3-5-16-15(10-13)18-11-23-16/h3-6,9-11,19H,7-8H2,1-2H3. The van der Waals surface area contributed by atoms with Gasteiger partial charge in [-0.3, -0.25) is 0 Å². The van der Waals surface area contributed by atoms with E-state index < -0.39 is 10.0 Å². The fourth-order valence-corrected chi connectivity index (χ4v) is 3.77. The van der Waals surface area contributed by atoms with Gasteiger partial charge in [0.1, 0.15) is 11.3 Å². The van der Waals surface area contributed by atoms with Gasteiger partial charge < -0.3 is 9.15 Å². The number of aromatic nitrogens is 1. The molecule has 1 heterocycles. The number of fused-ring (bicyclic) bond motifs is 1. The Hall–Kier alpha value is -2.38. The summed E-state index contributed by atoms with van der Waals surface area (Å²) in [5.41, 5.74) is 3.12. The summed E-state index contributed by atoms with van der Waals surface area (Å²) in [6, 6.07) is 10.5. The van der Waals surface area contributed by atoms with Crippen molar-refractivity contribution < 1.29 is 17.6 Å². The zero-order valence-corrected chi connectivity index (χ0v) is 14.3. The number of methoxy groups -OCH3 is 1. The Balaban J connectivity index is 1.68. The molecule has 126 valence electrons. The van der Waals surface area contributed by atoms with Gasteiger partial charge in [-0.25, -0.2) is 18.1 Å². The highest BCUT2D eigenvalue weighted by Crippen LogP contribution is 2.21. The Labute approximate surface area is 140 Å². The van der Waals surface area contributed by atoms with Gasteiger partial charge in [-0.2, -0.15) is 0 Å². The molecule has 7 heteroatoms. The van der Waals surface area contributed by atoms with Crippen LogP contribution in [0.2, 0.25) is 0 Å². The maximum absolute atomic E-state index is 12.4. The van der Waals surface area contributed by atoms with E-state index in [-0.39, 0.29) is 4.90 Å². The summed E-state index contributed by atoms with van der Waals surface area (Å²) in [4.78, 5) is 4.35. The van der Waals surface area contributed by atoms with Gasteiger partial charge >= 0.3 is 0 Å². The van der Waals surface area contributed by atoms with Crippen LogP contribution in [0.1, 0.15) is 11.1 Å². The number of hydrogen-bond donors (Lipinski definition) is 1. The number of hydrogen-bond acceptors (Lipinski definition) is 5. The van der Waals surface area contributed by atoms with E-state index in [1.165, 1.54) is 6.39 Å². The topological polar surface area (TPSA) is 81.4 Å². The molecular formula is C17H18N2O4S. The van der Waals surface area contributed by atoms with Crippen LogP contribution in [0.5, 0.6) is 5.75 Å². The van der Waals surface area contributed by atoms with Crippen molar-refractivity contribution in [2.24, 2.45) is 0 Å². The third kappa shape index (κ3) is 3.42. The van der Waals surface area contributed by atoms with Gasteiger partial charge in [0.05, 0.1) is 12.0 Å². The molecule has 1 aromatic heterocycles. The average Bonchev–Trinajstić information content (AvgIpc) is 3.02. The molecule has 0 fully saturated rings. The Morgan fingerprint density at radius 1 is 1.21 bits per heavy atom. The number of oxazole rings is 1. The van der Waals surface area contributed by atoms with Gasteiger partial charge in [0.25, 0.3) is 0 Å². The van der Waals surface area contributed by atoms with E-state index in [2.05, 4.69) is 9.71 Å². The smallest absolute Gasteiger partial charge is 0.240 e. The number of sulfonamides is 1. The highest BCUT2D eigenvalue weighted by Gasteiger charge is 2.16. The number of rotatable bonds is 6. The highest BCUT2D eigenvalue weighted by molar-refractivity contribution is 7.89. The summed E-state index contributed by atoms with van der Waals surface area (Å²) in [6.07, 6.45) is 1.96. The molecule has 0 aliphatic rings. The maximum Gasteiger partial charge on any atom is 0.240 e. The van der Waals surface area contributed by atoms with E-state index in [0.717, 1.165) is 11.1 Å². The van der Waals surface area contributed by atoms with Gasteiger partial charge in [-0.15, -0.1) is 0 Å². The molecule has 0 saturated heterocycles. The molecule has 0 radical (unpaired) electrons. The second kappa shape index (κ2) is 6.62. The molecule has 0 saturated carbocycles. The summed E-state index contributed by atoms with van der Waals surface area (Å²) in [5, 5.41) is 0. The van der Waals surface area contributed by atoms with Crippen LogP contribution >= 0.6 is 0 Å². The van der Waals surface area contributed by atoms with E-state index in [4.69, 9.17) is 9.15 Å². The molecule has 0 atom stereocenters. The molecule has 0 spiro atoms. The molecule has 0 unspecified atom stereocenters. The van der Waals surface area contributed by atoms with Crippen LogP contribution in [-0.4, -0.2) is 27.1 Å². The second-order valence-corrected chi connectivity index (χ2v) is 7.17. The largest absolute Gasteiger partial charge is 0.497 e. The molecular weight excluding hydrogens is 328 g/mol. The Morgan fingerprint density at radius 2 is 2.04 bits per heavy atom. The van der Waals surface area contributed by atoms with Crippen LogP contribution in [0.15, 0.2) is 52.1 Å². The van der Waals surface area contributed by atoms with Crippen LogP contribution in [0.3, 0.4) is 0 Å². The normalized spacial score (nSPS) is 11.8. The summed E-state index contributed by atoms with van der Waals surface area (Å²) in [7, 11) is -2.01. The van der Waals surface area contributed by atoms with Crippen molar-refractivity contribution in [2.45, 2.75) is 18.2 Å². The van der Waals surface area contributed by atoms with Crippen molar-refractivity contribution in [3.63, 3.8) is 0 Å². The average molecular weight is 346 g/mol. The Morgan fingerprint density at radius 3 is 2.79 bits per heavy atom. The minimum atomic E-state index is -3.56. The molecule has 24 heavy (non-hydrogen) atoms. The molecule has 0 aliphatic heterocycles. The van der Waals surface area contributed by atoms with E-state index in [9.17, 15) is 8.42 Å². The zero-order valence-electron chi connectivity index (χ0n) is 13.4. The van der Waals surface area contributed by atoms with E-state index in [0.29, 0.717) is 29.9 Å². The first-order valence-electron chi connectivity index (χ1n) is 7.46. The molecule has 3 aromatic rings. The molecule has 0 aliphatic carbocycles. The van der Waals surface area contributed by atoms with E-state index >= 15 is 0 Å². The monoisotopic (exact) mass is 346 g/mol. The predicted octanol–water partition coefficient (Wildman–Crippen LogP) is 2.67. The summed E-state index contributed by atoms with van der Waals surface area (Å²) in [5.74, 6) is 0.632. The summed E-state index contributed by atoms with van der Waals surface area (Å²) >= 11 is 0. The predicted molar refractivity (Wildman–Crippen MR) is 90.6 cm³/mol. The quantitative estimate of drug-likeness (QED) is 0.742. The van der Waals surface area contributed by atoms with Crippen LogP contribution in [0.25, 0.3) is 11.1 Å². The van der Waals surface area contributed by atoms with Crippen molar-refractivity contribution in [2.75, 3.05) is 13.7 Å². The first-order chi connectivity index (χ1) is 11.5. The lowest BCUT2D eigenvalue weighted by molar-refractivity contribution is 0.414. The lowest BCUT2D eigenvalue weighted by Gasteiger charge is -2.10. The number of nitrogens with zero attached hydrogens (tertiary/aromatic N) is 1. The molecule has 3 rings (SSSR count). The van der Waals surface area contributed by atoms with Crippen LogP contribution in [0.4, 0.5) is 0 Å². The SMILES string of the molecule is COc1ccc(S(=O)(=O)NCCc2ccc3ocnc3c2)c(C)c1. The van der Waals surface area contributed by atoms with E-state index in [1.807, 2.05) is 18.2 Å². The van der Waals surface area contributed by atoms with E-state index in [1.54, 1.807) is 32.2 Å². The van der Waals surface area contributed by atoms with Crippen LogP contribution in [-0.2, 0) is 16.4 Å². The van der Waals surface area contributed by atoms with Crippen molar-refractivity contribution in [3.05, 3.63) is 53.9 Å². The Kier molecular flexibility index (Phi) is 4.55. The van der Waals surface area contributed by atoms with Crippen molar-refractivity contribution >= 4 is 21.1 Å². The minimum absolute atomic E-state index is 0.259. The number of aryl methyl sites for hydroxylation is 1. The van der Waals surface area contributed by atoms with Crippen molar-refractivity contribution in [1.29, 1.82) is 0 Å². The first kappa shape index (κ1) is 16.5. The fraction of sp³-hybridized carbons (Fsp3) is 0.235. The van der Waals surface area contributed by atoms with Crippen LogP contribution in [0, 0.1) is 6.92 Å². The van der Waals surface area contributed by atoms with Gasteiger partial charge in [0, 0.05) is 6.54 Å². The maximum atomic E-state index is 12.4. The van der Waals surface area contributed by atoms with Gasteiger partial charge in [-0.05, 0) is 54.8 Å². The molecule has 2 aromatic carbocycles. The van der Waals surface area contributed by atoms with Crippen LogP contribution < -0.4 is 9.46 Å². The third-order valence-corrected chi connectivity index (χ3v) is 5.39. The molecule has 0 bridgehead atoms. The van der Waals surface area contributed by atoms with Gasteiger partial charge in [-0.1, -0.05) is 6.07 Å². The van der Waals surface area contributed by atoms with Crippen molar-refractivity contribution in [3.8, 4) is 5.75 Å². The molecule has 1 N–H and O–H groups in total. The van der Waals surface area contributed by atoms with Gasteiger partial charge in [0.15, 0.2) is 12.0 Å². The zero-order chi connectivity index (χ0) is 17.2. The lowest BCUT2D eigenvalue weighted by Crippen LogP contribution is -2.26. The summed E-state index contributed by atoms with van der Waals surface area (Å²) < 4.78 is 37.8. The summed E-state index contributed by atoms with van der Waals surface area (Å²) in [6.45, 7) is 2.05. The molecule has 0 amide bonds.